The van der Waals surface area contributed by atoms with E-state index in [1.165, 1.54) is 12.1 Å². The molecule has 170 valence electrons. The van der Waals surface area contributed by atoms with E-state index in [1.807, 2.05) is 0 Å². The number of ether oxygens (including phenoxy) is 2. The number of piperazine rings is 1. The number of nitrogens with one attached hydrogen (secondary N) is 1. The van der Waals surface area contributed by atoms with Gasteiger partial charge in [0.25, 0.3) is 0 Å². The number of aromatic nitrogens is 3. The van der Waals surface area contributed by atoms with Crippen LogP contribution in [0.15, 0.2) is 30.3 Å². The number of nitrogens with zero attached hydrogens (tertiary/aromatic N) is 5. The third-order valence-corrected chi connectivity index (χ3v) is 5.78. The molecule has 0 unspecified atom stereocenters. The van der Waals surface area contributed by atoms with Gasteiger partial charge in [-0.2, -0.15) is 0 Å². The van der Waals surface area contributed by atoms with E-state index in [0.717, 1.165) is 39.1 Å². The second-order valence-electron chi connectivity index (χ2n) is 7.76. The predicted molar refractivity (Wildman–Crippen MR) is 123 cm³/mol. The van der Waals surface area contributed by atoms with Crippen LogP contribution in [-0.4, -0.2) is 78.7 Å². The topological polar surface area (TPSA) is 75.6 Å². The van der Waals surface area contributed by atoms with Crippen LogP contribution >= 0.6 is 11.6 Å². The van der Waals surface area contributed by atoms with Gasteiger partial charge in [0, 0.05) is 44.5 Å². The summed E-state index contributed by atoms with van der Waals surface area (Å²) in [5.41, 5.74) is 1.19. The number of likely N-dealkylation sites (N-methyl/N-ethyl adjacent to an activating group) is 1. The summed E-state index contributed by atoms with van der Waals surface area (Å²) < 4.78 is 25.0. The van der Waals surface area contributed by atoms with Gasteiger partial charge < -0.3 is 24.6 Å². The van der Waals surface area contributed by atoms with Crippen molar-refractivity contribution < 1.29 is 13.9 Å². The highest BCUT2D eigenvalue weighted by Gasteiger charge is 2.15. The number of benzene rings is 2. The number of fused-ring (bicyclic) bond motifs is 1. The van der Waals surface area contributed by atoms with Gasteiger partial charge in [-0.3, -0.25) is 0 Å². The summed E-state index contributed by atoms with van der Waals surface area (Å²) in [7, 11) is 3.74. The van der Waals surface area contributed by atoms with E-state index in [4.69, 9.17) is 21.1 Å². The molecule has 1 aliphatic rings. The molecule has 0 saturated carbocycles. The largest absolute Gasteiger partial charge is 0.493 e. The lowest BCUT2D eigenvalue weighted by Crippen LogP contribution is -2.44. The maximum absolute atomic E-state index is 13.4. The van der Waals surface area contributed by atoms with E-state index >= 15 is 0 Å². The first-order valence-electron chi connectivity index (χ1n) is 10.5. The molecule has 1 N–H and O–H groups in total. The van der Waals surface area contributed by atoms with Crippen LogP contribution in [0.25, 0.3) is 10.9 Å². The Kier molecular flexibility index (Phi) is 7.19. The molecule has 0 radical (unpaired) electrons. The van der Waals surface area contributed by atoms with Crippen molar-refractivity contribution in [1.82, 2.24) is 25.2 Å². The van der Waals surface area contributed by atoms with Crippen molar-refractivity contribution in [1.29, 1.82) is 0 Å². The second-order valence-corrected chi connectivity index (χ2v) is 8.17. The van der Waals surface area contributed by atoms with Crippen LogP contribution in [-0.2, 0) is 0 Å². The number of methoxy groups -OCH3 is 1. The fourth-order valence-corrected chi connectivity index (χ4v) is 3.79. The van der Waals surface area contributed by atoms with Crippen molar-refractivity contribution in [3.05, 3.63) is 41.2 Å². The Balaban J connectivity index is 1.45. The fourth-order valence-electron chi connectivity index (χ4n) is 3.61. The van der Waals surface area contributed by atoms with Crippen molar-refractivity contribution in [2.75, 3.05) is 58.8 Å². The van der Waals surface area contributed by atoms with E-state index in [9.17, 15) is 4.39 Å². The highest BCUT2D eigenvalue weighted by molar-refractivity contribution is 6.31. The number of hydrogen-bond acceptors (Lipinski definition) is 8. The summed E-state index contributed by atoms with van der Waals surface area (Å²) in [5.74, 6) is 1.15. The second kappa shape index (κ2) is 10.2. The van der Waals surface area contributed by atoms with Crippen LogP contribution < -0.4 is 14.8 Å². The van der Waals surface area contributed by atoms with Gasteiger partial charge in [0.15, 0.2) is 17.3 Å². The zero-order valence-electron chi connectivity index (χ0n) is 18.1. The van der Waals surface area contributed by atoms with Crippen LogP contribution in [0.5, 0.6) is 11.5 Å². The molecule has 1 saturated heterocycles. The molecule has 1 aliphatic heterocycles. The maximum Gasteiger partial charge on any atom is 0.164 e. The summed E-state index contributed by atoms with van der Waals surface area (Å²) in [5, 5.41) is 15.9. The van der Waals surface area contributed by atoms with Gasteiger partial charge in [-0.25, -0.2) is 4.39 Å². The SMILES string of the molecule is COc1cc2c(Nc3ccc(F)c(Cl)c3)nnnc2cc1OCCCN1CCN(C)CC1. The van der Waals surface area contributed by atoms with Crippen LogP contribution in [0.3, 0.4) is 0 Å². The van der Waals surface area contributed by atoms with E-state index in [-0.39, 0.29) is 5.02 Å². The molecule has 0 aliphatic carbocycles. The average Bonchev–Trinajstić information content (AvgIpc) is 2.80. The number of halogens is 2. The molecule has 0 atom stereocenters. The van der Waals surface area contributed by atoms with Gasteiger partial charge in [0.2, 0.25) is 0 Å². The number of rotatable bonds is 8. The zero-order chi connectivity index (χ0) is 22.5. The molecular formula is C22H26ClFN6O2. The third kappa shape index (κ3) is 5.35. The lowest BCUT2D eigenvalue weighted by Gasteiger charge is -2.32. The van der Waals surface area contributed by atoms with Crippen molar-refractivity contribution in [2.24, 2.45) is 0 Å². The minimum absolute atomic E-state index is 0.0196. The van der Waals surface area contributed by atoms with Crippen molar-refractivity contribution in [3.63, 3.8) is 0 Å². The zero-order valence-corrected chi connectivity index (χ0v) is 18.9. The summed E-state index contributed by atoms with van der Waals surface area (Å²) >= 11 is 5.88. The predicted octanol–water partition coefficient (Wildman–Crippen LogP) is 3.59. The van der Waals surface area contributed by atoms with Crippen LogP contribution in [0.4, 0.5) is 15.9 Å². The monoisotopic (exact) mass is 460 g/mol. The lowest BCUT2D eigenvalue weighted by atomic mass is 10.2. The van der Waals surface area contributed by atoms with Crippen molar-refractivity contribution in [2.45, 2.75) is 6.42 Å². The van der Waals surface area contributed by atoms with Gasteiger partial charge in [-0.15, -0.1) is 10.2 Å². The first-order chi connectivity index (χ1) is 15.5. The number of anilines is 2. The summed E-state index contributed by atoms with van der Waals surface area (Å²) in [6.07, 6.45) is 0.922. The standard InChI is InChI=1S/C22H26ClFN6O2/c1-29-7-9-30(10-8-29)6-3-11-32-21-14-19-16(13-20(21)31-2)22(27-28-26-19)25-15-4-5-18(24)17(23)12-15/h4-5,12-14H,3,6-11H2,1-2H3,(H,25,26,27). The molecule has 3 aromatic rings. The third-order valence-electron chi connectivity index (χ3n) is 5.49. The van der Waals surface area contributed by atoms with Crippen molar-refractivity contribution in [3.8, 4) is 11.5 Å². The Morgan fingerprint density at radius 1 is 1.09 bits per heavy atom. The van der Waals surface area contributed by atoms with Gasteiger partial charge in [0.05, 0.1) is 24.1 Å². The Morgan fingerprint density at radius 3 is 2.66 bits per heavy atom. The molecule has 0 bridgehead atoms. The minimum atomic E-state index is -0.487. The van der Waals surface area contributed by atoms with Crippen LogP contribution in [0, 0.1) is 5.82 Å². The maximum atomic E-state index is 13.4. The molecule has 4 rings (SSSR count). The molecule has 8 nitrogen and oxygen atoms in total. The highest BCUT2D eigenvalue weighted by Crippen LogP contribution is 2.34. The quantitative estimate of drug-likeness (QED) is 0.511. The van der Waals surface area contributed by atoms with Gasteiger partial charge in [0.1, 0.15) is 11.3 Å². The summed E-state index contributed by atoms with van der Waals surface area (Å²) in [4.78, 5) is 4.80. The molecular weight excluding hydrogens is 435 g/mol. The van der Waals surface area contributed by atoms with Crippen LogP contribution in [0.2, 0.25) is 5.02 Å². The Morgan fingerprint density at radius 2 is 1.91 bits per heavy atom. The number of hydrogen-bond donors (Lipinski definition) is 1. The average molecular weight is 461 g/mol. The minimum Gasteiger partial charge on any atom is -0.493 e. The lowest BCUT2D eigenvalue weighted by molar-refractivity contribution is 0.145. The molecule has 2 aromatic carbocycles. The Hall–Kier alpha value is -2.75. The Bertz CT molecular complexity index is 1080. The van der Waals surface area contributed by atoms with Gasteiger partial charge >= 0.3 is 0 Å². The van der Waals surface area contributed by atoms with Gasteiger partial charge in [-0.1, -0.05) is 11.6 Å². The summed E-state index contributed by atoms with van der Waals surface area (Å²) in [6, 6.07) is 7.95. The molecule has 2 heterocycles. The van der Waals surface area contributed by atoms with Crippen molar-refractivity contribution >= 4 is 34.0 Å². The first-order valence-corrected chi connectivity index (χ1v) is 10.9. The molecule has 1 fully saturated rings. The molecule has 32 heavy (non-hydrogen) atoms. The molecule has 0 amide bonds. The normalized spacial score (nSPS) is 15.1. The van der Waals surface area contributed by atoms with E-state index < -0.39 is 5.82 Å². The molecule has 10 heteroatoms. The Labute approximate surface area is 191 Å². The van der Waals surface area contributed by atoms with E-state index in [0.29, 0.717) is 40.5 Å². The van der Waals surface area contributed by atoms with Gasteiger partial charge in [-0.05, 0) is 42.9 Å². The smallest absolute Gasteiger partial charge is 0.164 e. The molecule has 0 spiro atoms. The highest BCUT2D eigenvalue weighted by atomic mass is 35.5. The van der Waals surface area contributed by atoms with Crippen LogP contribution in [0.1, 0.15) is 6.42 Å². The molecule has 1 aromatic heterocycles. The van der Waals surface area contributed by atoms with E-state index in [2.05, 4.69) is 37.6 Å². The first kappa shape index (κ1) is 22.4. The summed E-state index contributed by atoms with van der Waals surface area (Å²) in [6.45, 7) is 5.97. The fraction of sp³-hybridized carbons (Fsp3) is 0.409. The van der Waals surface area contributed by atoms with E-state index in [1.54, 1.807) is 25.3 Å².